The highest BCUT2D eigenvalue weighted by molar-refractivity contribution is 7.10. The zero-order chi connectivity index (χ0) is 10.7. The van der Waals surface area contributed by atoms with Crippen molar-refractivity contribution < 1.29 is 4.79 Å². The Morgan fingerprint density at radius 3 is 3.00 bits per heavy atom. The number of nitrogens with zero attached hydrogens (tertiary/aromatic N) is 2. The summed E-state index contributed by atoms with van der Waals surface area (Å²) in [6, 6.07) is 6.77. The fraction of sp³-hybridized carbons (Fsp3) is 0. The third-order valence-corrected chi connectivity index (χ3v) is 2.33. The van der Waals surface area contributed by atoms with Gasteiger partial charge in [-0.1, -0.05) is 10.6 Å². The van der Waals surface area contributed by atoms with Crippen molar-refractivity contribution in [3.8, 4) is 0 Å². The monoisotopic (exact) mass is 220 g/mol. The molecule has 2 aromatic rings. The van der Waals surface area contributed by atoms with Gasteiger partial charge in [0.05, 0.1) is 6.20 Å². The van der Waals surface area contributed by atoms with Crippen LogP contribution in [0.15, 0.2) is 30.5 Å². The maximum Gasteiger partial charge on any atom is 0.256 e. The Labute approximate surface area is 90.1 Å². The molecule has 1 aromatic carbocycles. The molecule has 0 atom stereocenters. The third-order valence-electron chi connectivity index (χ3n) is 1.75. The second kappa shape index (κ2) is 4.05. The third kappa shape index (κ3) is 2.29. The predicted octanol–water partition coefficient (Wildman–Crippen LogP) is 1.37. The molecule has 0 saturated heterocycles. The second-order valence-corrected chi connectivity index (χ2v) is 3.65. The summed E-state index contributed by atoms with van der Waals surface area (Å²) < 4.78 is 3.64. The van der Waals surface area contributed by atoms with Crippen molar-refractivity contribution >= 4 is 28.1 Å². The van der Waals surface area contributed by atoms with Crippen molar-refractivity contribution in [1.82, 2.24) is 9.59 Å². The summed E-state index contributed by atoms with van der Waals surface area (Å²) in [6.45, 7) is 0. The summed E-state index contributed by atoms with van der Waals surface area (Å²) in [5.41, 5.74) is 6.64. The normalized spacial score (nSPS) is 9.87. The molecule has 0 aliphatic heterocycles. The molecular weight excluding hydrogens is 212 g/mol. The van der Waals surface area contributed by atoms with E-state index in [-0.39, 0.29) is 5.91 Å². The van der Waals surface area contributed by atoms with E-state index in [1.165, 1.54) is 6.20 Å². The van der Waals surface area contributed by atoms with Crippen LogP contribution in [0.5, 0.6) is 0 Å². The zero-order valence-electron chi connectivity index (χ0n) is 7.68. The molecule has 0 fully saturated rings. The van der Waals surface area contributed by atoms with Gasteiger partial charge in [0.15, 0.2) is 0 Å². The van der Waals surface area contributed by atoms with Crippen LogP contribution in [0.25, 0.3) is 0 Å². The minimum absolute atomic E-state index is 0.214. The van der Waals surface area contributed by atoms with E-state index in [4.69, 9.17) is 5.73 Å². The van der Waals surface area contributed by atoms with Crippen molar-refractivity contribution in [1.29, 1.82) is 0 Å². The first-order valence-corrected chi connectivity index (χ1v) is 4.97. The summed E-state index contributed by atoms with van der Waals surface area (Å²) >= 11 is 1.13. The average Bonchev–Trinajstić information content (AvgIpc) is 2.70. The van der Waals surface area contributed by atoms with Crippen LogP contribution in [0.2, 0.25) is 0 Å². The van der Waals surface area contributed by atoms with E-state index in [9.17, 15) is 4.79 Å². The van der Waals surface area contributed by atoms with Crippen LogP contribution in [0, 0.1) is 0 Å². The van der Waals surface area contributed by atoms with Crippen molar-refractivity contribution in [2.24, 2.45) is 0 Å². The Balaban J connectivity index is 2.15. The summed E-state index contributed by atoms with van der Waals surface area (Å²) in [7, 11) is 0. The van der Waals surface area contributed by atoms with Crippen molar-refractivity contribution in [2.45, 2.75) is 0 Å². The molecule has 6 heteroatoms. The van der Waals surface area contributed by atoms with Gasteiger partial charge in [-0.2, -0.15) is 0 Å². The molecule has 76 valence electrons. The van der Waals surface area contributed by atoms with E-state index in [1.807, 2.05) is 0 Å². The summed E-state index contributed by atoms with van der Waals surface area (Å²) in [5, 5.41) is 6.89. The fourth-order valence-corrected chi connectivity index (χ4v) is 1.50. The van der Waals surface area contributed by atoms with Crippen molar-refractivity contribution in [2.75, 3.05) is 11.1 Å². The Kier molecular flexibility index (Phi) is 2.59. The number of benzene rings is 1. The molecule has 15 heavy (non-hydrogen) atoms. The number of hydrogen-bond acceptors (Lipinski definition) is 5. The smallest absolute Gasteiger partial charge is 0.256 e. The number of amides is 1. The molecule has 5 nitrogen and oxygen atoms in total. The molecule has 1 amide bonds. The Hall–Kier alpha value is -1.95. The molecule has 1 aromatic heterocycles. The number of carbonyl (C=O) groups excluding carboxylic acids is 1. The van der Waals surface area contributed by atoms with Gasteiger partial charge in [-0.3, -0.25) is 4.79 Å². The number of hydrogen-bond donors (Lipinski definition) is 2. The molecule has 0 saturated carbocycles. The van der Waals surface area contributed by atoms with Gasteiger partial charge < -0.3 is 11.1 Å². The number of carbonyl (C=O) groups is 1. The number of nitrogen functional groups attached to an aromatic ring is 1. The Bertz CT molecular complexity index is 469. The summed E-state index contributed by atoms with van der Waals surface area (Å²) in [5.74, 6) is -0.214. The lowest BCUT2D eigenvalue weighted by Gasteiger charge is -2.01. The minimum Gasteiger partial charge on any atom is -0.399 e. The first-order chi connectivity index (χ1) is 7.25. The lowest BCUT2D eigenvalue weighted by atomic mass is 10.2. The number of anilines is 2. The average molecular weight is 220 g/mol. The molecule has 0 unspecified atom stereocenters. The van der Waals surface area contributed by atoms with Gasteiger partial charge in [0, 0.05) is 22.8 Å². The standard InChI is InChI=1S/C9H8N4OS/c10-7-3-1-2-6(4-7)9(14)12-8-5-11-13-15-8/h1-5H,10H2,(H,12,14). The van der Waals surface area contributed by atoms with Crippen molar-refractivity contribution in [3.05, 3.63) is 36.0 Å². The number of nitrogens with one attached hydrogen (secondary N) is 1. The van der Waals surface area contributed by atoms with Crippen LogP contribution < -0.4 is 11.1 Å². The van der Waals surface area contributed by atoms with Crippen LogP contribution >= 0.6 is 11.5 Å². The highest BCUT2D eigenvalue weighted by atomic mass is 32.1. The number of aromatic nitrogens is 2. The summed E-state index contributed by atoms with van der Waals surface area (Å²) in [4.78, 5) is 11.6. The number of nitrogens with two attached hydrogens (primary N) is 1. The first-order valence-electron chi connectivity index (χ1n) is 4.20. The van der Waals surface area contributed by atoms with Gasteiger partial charge in [0.25, 0.3) is 5.91 Å². The van der Waals surface area contributed by atoms with E-state index in [2.05, 4.69) is 14.9 Å². The molecule has 1 heterocycles. The molecule has 0 radical (unpaired) electrons. The lowest BCUT2D eigenvalue weighted by Crippen LogP contribution is -2.10. The Morgan fingerprint density at radius 1 is 1.47 bits per heavy atom. The van der Waals surface area contributed by atoms with Gasteiger partial charge in [0.1, 0.15) is 5.00 Å². The van der Waals surface area contributed by atoms with Gasteiger partial charge in [-0.25, -0.2) is 0 Å². The quantitative estimate of drug-likeness (QED) is 0.749. The molecule has 0 aliphatic carbocycles. The predicted molar refractivity (Wildman–Crippen MR) is 58.7 cm³/mol. The van der Waals surface area contributed by atoms with Gasteiger partial charge in [-0.15, -0.1) is 5.10 Å². The Morgan fingerprint density at radius 2 is 2.33 bits per heavy atom. The largest absolute Gasteiger partial charge is 0.399 e. The lowest BCUT2D eigenvalue weighted by molar-refractivity contribution is 0.102. The van der Waals surface area contributed by atoms with Gasteiger partial charge >= 0.3 is 0 Å². The van der Waals surface area contributed by atoms with Crippen LogP contribution in [0.1, 0.15) is 10.4 Å². The van der Waals surface area contributed by atoms with Crippen LogP contribution in [-0.4, -0.2) is 15.5 Å². The van der Waals surface area contributed by atoms with Gasteiger partial charge in [-0.05, 0) is 18.2 Å². The van der Waals surface area contributed by atoms with E-state index >= 15 is 0 Å². The van der Waals surface area contributed by atoms with E-state index in [0.29, 0.717) is 16.3 Å². The minimum atomic E-state index is -0.214. The molecule has 0 aliphatic rings. The zero-order valence-corrected chi connectivity index (χ0v) is 8.49. The maximum atomic E-state index is 11.6. The molecular formula is C9H8N4OS. The van der Waals surface area contributed by atoms with Crippen LogP contribution in [-0.2, 0) is 0 Å². The van der Waals surface area contributed by atoms with E-state index in [1.54, 1.807) is 24.3 Å². The molecule has 3 N–H and O–H groups in total. The maximum absolute atomic E-state index is 11.6. The second-order valence-electron chi connectivity index (χ2n) is 2.86. The van der Waals surface area contributed by atoms with Gasteiger partial charge in [0.2, 0.25) is 0 Å². The summed E-state index contributed by atoms with van der Waals surface area (Å²) in [6.07, 6.45) is 1.49. The fourth-order valence-electron chi connectivity index (χ4n) is 1.09. The first kappa shape index (κ1) is 9.60. The van der Waals surface area contributed by atoms with E-state index < -0.39 is 0 Å². The highest BCUT2D eigenvalue weighted by Gasteiger charge is 2.06. The molecule has 2 rings (SSSR count). The highest BCUT2D eigenvalue weighted by Crippen LogP contribution is 2.12. The molecule has 0 spiro atoms. The van der Waals surface area contributed by atoms with Crippen LogP contribution in [0.3, 0.4) is 0 Å². The SMILES string of the molecule is Nc1cccc(C(=O)Nc2cnns2)c1. The van der Waals surface area contributed by atoms with Crippen molar-refractivity contribution in [3.63, 3.8) is 0 Å². The molecule has 0 bridgehead atoms. The topological polar surface area (TPSA) is 80.9 Å². The van der Waals surface area contributed by atoms with Crippen LogP contribution in [0.4, 0.5) is 10.7 Å². The van der Waals surface area contributed by atoms with E-state index in [0.717, 1.165) is 11.5 Å². The number of rotatable bonds is 2.